The fraction of sp³-hybridized carbons (Fsp3) is 0.778. The summed E-state index contributed by atoms with van der Waals surface area (Å²) in [4.78, 5) is 42.5. The smallest absolute Gasteiger partial charge is 0.305 e. The molecular formula is C18H30O14. The Morgan fingerprint density at radius 2 is 0.812 bits per heavy atom. The van der Waals surface area contributed by atoms with Gasteiger partial charge in [-0.25, -0.2) is 0 Å². The van der Waals surface area contributed by atoms with Crippen molar-refractivity contribution in [3.8, 4) is 0 Å². The van der Waals surface area contributed by atoms with Gasteiger partial charge in [0, 0.05) is 0 Å². The van der Waals surface area contributed by atoms with E-state index in [4.69, 9.17) is 39.4 Å². The van der Waals surface area contributed by atoms with Gasteiger partial charge in [0.15, 0.2) is 0 Å². The van der Waals surface area contributed by atoms with Crippen LogP contribution in [0.1, 0.15) is 25.7 Å². The van der Waals surface area contributed by atoms with E-state index in [1.165, 1.54) is 0 Å². The summed E-state index contributed by atoms with van der Waals surface area (Å²) in [6.45, 7) is -1.90. The van der Waals surface area contributed by atoms with Crippen LogP contribution in [0.4, 0.5) is 0 Å². The molecule has 32 heavy (non-hydrogen) atoms. The van der Waals surface area contributed by atoms with Crippen LogP contribution >= 0.6 is 0 Å². The first kappa shape index (κ1) is 29.6. The number of carbonyl (C=O) groups is 4. The van der Waals surface area contributed by atoms with Crippen molar-refractivity contribution in [2.75, 3.05) is 39.6 Å². The van der Waals surface area contributed by atoms with E-state index in [1.807, 2.05) is 0 Å². The average molecular weight is 470 g/mol. The summed E-state index contributed by atoms with van der Waals surface area (Å²) in [6.07, 6.45) is -7.47. The fourth-order valence-corrected chi connectivity index (χ4v) is 2.24. The number of ether oxygens (including phenoxy) is 4. The van der Waals surface area contributed by atoms with Gasteiger partial charge >= 0.3 is 23.9 Å². The van der Waals surface area contributed by atoms with Crippen molar-refractivity contribution >= 4 is 23.9 Å². The Labute approximate surface area is 183 Å². The van der Waals surface area contributed by atoms with Crippen LogP contribution in [0.5, 0.6) is 0 Å². The van der Waals surface area contributed by atoms with Crippen LogP contribution < -0.4 is 0 Å². The molecule has 0 heterocycles. The van der Waals surface area contributed by atoms with Gasteiger partial charge in [-0.15, -0.1) is 0 Å². The number of aliphatic carboxylic acids is 4. The molecule has 0 spiro atoms. The van der Waals surface area contributed by atoms with Gasteiger partial charge in [-0.2, -0.15) is 0 Å². The Balaban J connectivity index is 5.07. The highest BCUT2D eigenvalue weighted by molar-refractivity contribution is 5.67. The predicted molar refractivity (Wildman–Crippen MR) is 102 cm³/mol. The lowest BCUT2D eigenvalue weighted by atomic mass is 10.0. The lowest BCUT2D eigenvalue weighted by Gasteiger charge is -2.31. The molecule has 0 radical (unpaired) electrons. The van der Waals surface area contributed by atoms with E-state index in [9.17, 15) is 29.4 Å². The minimum absolute atomic E-state index is 0.228. The predicted octanol–water partition coefficient (Wildman–Crippen LogP) is -1.59. The van der Waals surface area contributed by atoms with Gasteiger partial charge in [0.2, 0.25) is 0 Å². The van der Waals surface area contributed by atoms with Gasteiger partial charge in [0.25, 0.3) is 0 Å². The van der Waals surface area contributed by atoms with Crippen molar-refractivity contribution in [1.82, 2.24) is 0 Å². The molecule has 0 fully saturated rings. The Kier molecular flexibility index (Phi) is 16.0. The van der Waals surface area contributed by atoms with Gasteiger partial charge in [0.1, 0.15) is 24.4 Å². The molecule has 0 aliphatic carbocycles. The molecule has 4 atom stereocenters. The van der Waals surface area contributed by atoms with E-state index >= 15 is 0 Å². The van der Waals surface area contributed by atoms with Crippen molar-refractivity contribution in [3.63, 3.8) is 0 Å². The second-order valence-electron chi connectivity index (χ2n) is 6.52. The molecule has 0 bridgehead atoms. The Morgan fingerprint density at radius 3 is 1.09 bits per heavy atom. The van der Waals surface area contributed by atoms with Crippen LogP contribution in [0.2, 0.25) is 0 Å². The van der Waals surface area contributed by atoms with Crippen molar-refractivity contribution < 1.29 is 68.8 Å². The third kappa shape index (κ3) is 15.4. The number of carboxylic acids is 4. The second-order valence-corrected chi connectivity index (χ2v) is 6.52. The number of hydrogen-bond acceptors (Lipinski definition) is 10. The van der Waals surface area contributed by atoms with Crippen LogP contribution in [0.25, 0.3) is 0 Å². The van der Waals surface area contributed by atoms with E-state index < -0.39 is 61.1 Å². The molecule has 14 nitrogen and oxygen atoms in total. The molecule has 0 aromatic rings. The Morgan fingerprint density at radius 1 is 0.531 bits per heavy atom. The van der Waals surface area contributed by atoms with Crippen molar-refractivity contribution in [2.24, 2.45) is 0 Å². The van der Waals surface area contributed by atoms with Crippen molar-refractivity contribution in [2.45, 2.75) is 50.1 Å². The van der Waals surface area contributed by atoms with E-state index in [-0.39, 0.29) is 52.5 Å². The molecule has 0 aliphatic rings. The van der Waals surface area contributed by atoms with Gasteiger partial charge in [-0.3, -0.25) is 19.2 Å². The fourth-order valence-electron chi connectivity index (χ4n) is 2.24. The molecular weight excluding hydrogens is 440 g/mol. The minimum Gasteiger partial charge on any atom is -0.481 e. The summed E-state index contributed by atoms with van der Waals surface area (Å²) >= 11 is 0. The maximum atomic E-state index is 10.7. The second kappa shape index (κ2) is 17.2. The first-order valence-electron chi connectivity index (χ1n) is 9.66. The maximum Gasteiger partial charge on any atom is 0.305 e. The summed E-state index contributed by atoms with van der Waals surface area (Å²) in [7, 11) is 0. The zero-order chi connectivity index (χ0) is 24.5. The van der Waals surface area contributed by atoms with Crippen molar-refractivity contribution in [1.29, 1.82) is 0 Å². The zero-order valence-corrected chi connectivity index (χ0v) is 17.3. The standard InChI is InChI=1S/C18H30O14/c19-13(20)1-5-29-9-11(31-7-3-15(23)24)17(27)18(28)12(32-8-4-16(25)26)10-30-6-2-14(21)22/h11-12,17-18,27-28H,1-10H2,(H,19,20)(H,21,22)(H,23,24)(H,25,26). The van der Waals surface area contributed by atoms with Gasteiger partial charge in [-0.1, -0.05) is 0 Å². The Hall–Kier alpha value is -2.36. The summed E-state index contributed by atoms with van der Waals surface area (Å²) < 4.78 is 20.7. The molecule has 0 amide bonds. The molecule has 0 aromatic carbocycles. The SMILES string of the molecule is O=C(O)CCOCC(OCCC(=O)O)C(O)C(O)C(COCCC(=O)O)OCCC(=O)O. The monoisotopic (exact) mass is 470 g/mol. The Bertz CT molecular complexity index is 530. The first-order chi connectivity index (χ1) is 15.0. The first-order valence-corrected chi connectivity index (χ1v) is 9.66. The molecule has 0 aromatic heterocycles. The number of aliphatic hydroxyl groups is 2. The molecule has 0 saturated heterocycles. The minimum atomic E-state index is -1.72. The molecule has 0 rings (SSSR count). The number of aliphatic hydroxyl groups excluding tert-OH is 2. The molecule has 0 aliphatic heterocycles. The quantitative estimate of drug-likeness (QED) is 0.104. The lowest BCUT2D eigenvalue weighted by molar-refractivity contribution is -0.168. The highest BCUT2D eigenvalue weighted by atomic mass is 16.6. The molecule has 4 unspecified atom stereocenters. The third-order valence-corrected chi connectivity index (χ3v) is 3.89. The van der Waals surface area contributed by atoms with Crippen LogP contribution in [-0.2, 0) is 38.1 Å². The van der Waals surface area contributed by atoms with E-state index in [0.717, 1.165) is 0 Å². The number of rotatable bonds is 21. The number of carboxylic acid groups (broad SMARTS) is 4. The van der Waals surface area contributed by atoms with Crippen LogP contribution in [-0.4, -0.2) is 119 Å². The largest absolute Gasteiger partial charge is 0.481 e. The molecule has 0 saturated carbocycles. The summed E-state index contributed by atoms with van der Waals surface area (Å²) in [6, 6.07) is 0. The van der Waals surface area contributed by atoms with Crippen LogP contribution in [0.3, 0.4) is 0 Å². The summed E-state index contributed by atoms with van der Waals surface area (Å²) in [5.41, 5.74) is 0. The van der Waals surface area contributed by atoms with Gasteiger partial charge < -0.3 is 49.6 Å². The highest BCUT2D eigenvalue weighted by Gasteiger charge is 2.34. The molecule has 6 N–H and O–H groups in total. The normalized spacial score (nSPS) is 14.9. The lowest BCUT2D eigenvalue weighted by Crippen LogP contribution is -2.50. The van der Waals surface area contributed by atoms with E-state index in [0.29, 0.717) is 0 Å². The molecule has 186 valence electrons. The summed E-state index contributed by atoms with van der Waals surface area (Å²) in [5.74, 6) is -4.60. The zero-order valence-electron chi connectivity index (χ0n) is 17.3. The summed E-state index contributed by atoms with van der Waals surface area (Å²) in [5, 5.41) is 55.7. The number of hydrogen-bond donors (Lipinski definition) is 6. The van der Waals surface area contributed by atoms with Crippen molar-refractivity contribution in [3.05, 3.63) is 0 Å². The molecule has 14 heteroatoms. The van der Waals surface area contributed by atoms with Crippen LogP contribution in [0.15, 0.2) is 0 Å². The average Bonchev–Trinajstić information content (AvgIpc) is 2.69. The third-order valence-electron chi connectivity index (χ3n) is 3.89. The van der Waals surface area contributed by atoms with Gasteiger partial charge in [0.05, 0.1) is 65.3 Å². The maximum absolute atomic E-state index is 10.7. The van der Waals surface area contributed by atoms with E-state index in [2.05, 4.69) is 0 Å². The van der Waals surface area contributed by atoms with Gasteiger partial charge in [-0.05, 0) is 0 Å². The highest BCUT2D eigenvalue weighted by Crippen LogP contribution is 2.14. The topological polar surface area (TPSA) is 227 Å². The van der Waals surface area contributed by atoms with E-state index in [1.54, 1.807) is 0 Å². The van der Waals surface area contributed by atoms with Crippen LogP contribution in [0, 0.1) is 0 Å².